The molecule has 3 amide bonds. The highest BCUT2D eigenvalue weighted by molar-refractivity contribution is 7.87. The fourth-order valence-corrected chi connectivity index (χ4v) is 10.4. The molecule has 3 atom stereocenters. The van der Waals surface area contributed by atoms with Crippen LogP contribution in [-0.4, -0.2) is 81.1 Å². The normalized spacial score (nSPS) is 22.4. The average Bonchev–Trinajstić information content (AvgIpc) is 3.41. The van der Waals surface area contributed by atoms with E-state index in [1.54, 1.807) is 0 Å². The summed E-state index contributed by atoms with van der Waals surface area (Å²) in [4.78, 5) is 26.1. The van der Waals surface area contributed by atoms with Gasteiger partial charge in [-0.1, -0.05) is 24.3 Å². The lowest BCUT2D eigenvalue weighted by atomic mass is 9.84. The summed E-state index contributed by atoms with van der Waals surface area (Å²) in [6.45, 7) is 0. The molecule has 22 heteroatoms. The van der Waals surface area contributed by atoms with Gasteiger partial charge in [0.2, 0.25) is 5.66 Å². The van der Waals surface area contributed by atoms with Gasteiger partial charge in [0.15, 0.2) is 10.9 Å². The molecule has 1 aromatic heterocycles. The van der Waals surface area contributed by atoms with Gasteiger partial charge in [-0.3, -0.25) is 23.5 Å². The number of quaternary nitrogens is 1. The van der Waals surface area contributed by atoms with Gasteiger partial charge in [0.1, 0.15) is 20.4 Å². The molecule has 3 unspecified atom stereocenters. The van der Waals surface area contributed by atoms with Gasteiger partial charge in [-0.2, -0.15) is 38.2 Å². The predicted octanol–water partition coefficient (Wildman–Crippen LogP) is 2.18. The molecule has 1 spiro atoms. The third kappa shape index (κ3) is 5.15. The number of benzene rings is 3. The van der Waals surface area contributed by atoms with E-state index in [0.29, 0.717) is 0 Å². The minimum Gasteiger partial charge on any atom is -0.343 e. The Bertz CT molecular complexity index is 2690. The quantitative estimate of drug-likeness (QED) is 0.125. The molecule has 2 aliphatic rings. The van der Waals surface area contributed by atoms with Crippen LogP contribution in [0.2, 0.25) is 0 Å². The van der Waals surface area contributed by atoms with Crippen LogP contribution >= 0.6 is 0 Å². The zero-order valence-corrected chi connectivity index (χ0v) is 28.7. The number of fused-ring (bicyclic) bond motifs is 5. The molecule has 4 aromatic rings. The smallest absolute Gasteiger partial charge is 0.343 e. The number of carbonyl (C=O) groups is 2. The van der Waals surface area contributed by atoms with Crippen molar-refractivity contribution in [2.75, 3.05) is 12.4 Å². The molecule has 1 aliphatic heterocycles. The molecule has 264 valence electrons. The molecule has 2 bridgehead atoms. The van der Waals surface area contributed by atoms with E-state index < -0.39 is 116 Å². The Kier molecular flexibility index (Phi) is 7.76. The van der Waals surface area contributed by atoms with Crippen LogP contribution in [-0.2, 0) is 47.5 Å². The second-order valence-corrected chi connectivity index (χ2v) is 17.2. The Morgan fingerprint density at radius 2 is 1.48 bits per heavy atom. The minimum absolute atomic E-state index is 0.215. The second-order valence-electron chi connectivity index (χ2n) is 11.6. The number of urea groups is 1. The number of anilines is 1. The fourth-order valence-electron chi connectivity index (χ4n) is 6.78. The summed E-state index contributed by atoms with van der Waals surface area (Å²) in [7, 11) is -18.9. The Morgan fingerprint density at radius 3 is 2.04 bits per heavy atom. The molecule has 0 saturated heterocycles. The SMILES string of the molecule is Cn1cccc1C(=O)[N+]1(C)c2cc(c(S(=O)(=O)O)c3cccc(S(=O)(=O)O)c23)NC(=O)NC12C=Cc1c(cccc1S(=O)(=O)O)C2S(=O)(=O)O. The Hall–Kier alpha value is -4.52. The maximum atomic E-state index is 15.1. The maximum absolute atomic E-state index is 15.1. The lowest BCUT2D eigenvalue weighted by Gasteiger charge is -2.51. The van der Waals surface area contributed by atoms with Gasteiger partial charge in [-0.05, 0) is 35.9 Å². The van der Waals surface area contributed by atoms with E-state index in [4.69, 9.17) is 0 Å². The number of aryl methyl sites for hydroxylation is 1. The van der Waals surface area contributed by atoms with Crippen molar-refractivity contribution >= 4 is 80.6 Å². The summed E-state index contributed by atoms with van der Waals surface area (Å²) in [6, 6.07) is 7.87. The number of nitrogens with one attached hydrogen (secondary N) is 2. The molecule has 6 N–H and O–H groups in total. The monoisotopic (exact) mass is 769 g/mol. The van der Waals surface area contributed by atoms with E-state index in [1.807, 2.05) is 0 Å². The first-order chi connectivity index (χ1) is 22.9. The highest BCUT2D eigenvalue weighted by Crippen LogP contribution is 2.53. The maximum Gasteiger partial charge on any atom is 0.369 e. The van der Waals surface area contributed by atoms with Crippen molar-refractivity contribution in [1.29, 1.82) is 0 Å². The molecule has 3 aromatic carbocycles. The van der Waals surface area contributed by atoms with E-state index in [2.05, 4.69) is 10.6 Å². The van der Waals surface area contributed by atoms with Crippen molar-refractivity contribution in [3.05, 3.63) is 83.7 Å². The zero-order chi connectivity index (χ0) is 37.0. The summed E-state index contributed by atoms with van der Waals surface area (Å²) in [5, 5.41) is 0.577. The highest BCUT2D eigenvalue weighted by atomic mass is 32.2. The predicted molar refractivity (Wildman–Crippen MR) is 176 cm³/mol. The molecule has 6 rings (SSSR count). The number of aromatic nitrogens is 1. The Morgan fingerprint density at radius 1 is 0.860 bits per heavy atom. The van der Waals surface area contributed by atoms with E-state index in [-0.39, 0.29) is 5.69 Å². The molecular formula is C28H25N4O14S4+. The summed E-state index contributed by atoms with van der Waals surface area (Å²) in [5.74, 6) is -1.12. The number of nitrogens with zero attached hydrogens (tertiary/aromatic N) is 2. The number of hydrogen-bond acceptors (Lipinski definition) is 10. The van der Waals surface area contributed by atoms with Crippen LogP contribution in [0.25, 0.3) is 16.8 Å². The standard InChI is InChI=1S/C28H24N4O14S4/c1-31-13-5-8-19(31)26(33)32(2)20-14-18(24(49(41,42)43)17-7-4-10-22(23(17)20)48(38,39)40)29-27(34)30-28(32)12-11-15-16(25(28)50(44,45)46)6-3-9-21(15)47(35,36)37/h3-14,25H,1-2H3,(H5-,29,30,34,35,36,37,38,39,40,41,42,43,44,45,46)/p+1. The molecule has 2 heterocycles. The molecule has 0 saturated carbocycles. The lowest BCUT2D eigenvalue weighted by Crippen LogP contribution is -2.77. The van der Waals surface area contributed by atoms with Gasteiger partial charge >= 0.3 is 11.9 Å². The topological polar surface area (TPSA) is 281 Å². The van der Waals surface area contributed by atoms with Gasteiger partial charge in [-0.25, -0.2) is 9.59 Å². The number of carbonyl (C=O) groups excluding carboxylic acids is 2. The molecule has 0 radical (unpaired) electrons. The molecule has 0 fully saturated rings. The van der Waals surface area contributed by atoms with Crippen molar-refractivity contribution in [3.8, 4) is 0 Å². The minimum atomic E-state index is -5.61. The Labute approximate surface area is 284 Å². The Balaban J connectivity index is 1.93. The molecule has 50 heavy (non-hydrogen) atoms. The number of likely N-dealkylation sites (N-methyl/N-ethyl adjacent to an activating group) is 1. The largest absolute Gasteiger partial charge is 0.369 e. The zero-order valence-electron chi connectivity index (χ0n) is 25.4. The van der Waals surface area contributed by atoms with Crippen LogP contribution in [0.4, 0.5) is 16.2 Å². The summed E-state index contributed by atoms with van der Waals surface area (Å²) >= 11 is 0. The van der Waals surface area contributed by atoms with Crippen LogP contribution in [0.15, 0.2) is 81.6 Å². The van der Waals surface area contributed by atoms with Crippen LogP contribution in [0.1, 0.15) is 26.9 Å². The molecule has 18 nitrogen and oxygen atoms in total. The van der Waals surface area contributed by atoms with Crippen molar-refractivity contribution in [2.24, 2.45) is 7.05 Å². The first kappa shape index (κ1) is 35.3. The van der Waals surface area contributed by atoms with Crippen molar-refractivity contribution in [3.63, 3.8) is 0 Å². The van der Waals surface area contributed by atoms with Gasteiger partial charge in [-0.15, -0.1) is 0 Å². The number of hydrogen-bond donors (Lipinski definition) is 6. The first-order valence-corrected chi connectivity index (χ1v) is 19.7. The van der Waals surface area contributed by atoms with Gasteiger partial charge in [0, 0.05) is 36.3 Å². The average molecular weight is 770 g/mol. The summed E-state index contributed by atoms with van der Waals surface area (Å²) in [5.41, 5.74) is -5.37. The van der Waals surface area contributed by atoms with E-state index >= 15 is 4.79 Å². The van der Waals surface area contributed by atoms with Crippen LogP contribution in [0.5, 0.6) is 0 Å². The van der Waals surface area contributed by atoms with Gasteiger partial charge < -0.3 is 9.88 Å². The number of rotatable bonds is 5. The second kappa shape index (κ2) is 11.0. The van der Waals surface area contributed by atoms with Crippen molar-refractivity contribution in [1.82, 2.24) is 14.4 Å². The molecule has 1 aliphatic carbocycles. The van der Waals surface area contributed by atoms with E-state index in [1.165, 1.54) is 29.9 Å². The van der Waals surface area contributed by atoms with Crippen LogP contribution in [0, 0.1) is 0 Å². The van der Waals surface area contributed by atoms with Gasteiger partial charge in [0.25, 0.3) is 40.5 Å². The summed E-state index contributed by atoms with van der Waals surface area (Å²) < 4.78 is 144. The third-order valence-electron chi connectivity index (χ3n) is 8.80. The molecular weight excluding hydrogens is 745 g/mol. The fraction of sp³-hybridized carbons (Fsp3) is 0.143. The van der Waals surface area contributed by atoms with Crippen molar-refractivity contribution < 1.29 is 61.5 Å². The number of amides is 3. The lowest BCUT2D eigenvalue weighted by molar-refractivity contribution is 0.0596. The van der Waals surface area contributed by atoms with E-state index in [9.17, 15) is 56.7 Å². The third-order valence-corrected chi connectivity index (χ3v) is 12.8. The summed E-state index contributed by atoms with van der Waals surface area (Å²) in [6.07, 6.45) is 3.22. The van der Waals surface area contributed by atoms with E-state index in [0.717, 1.165) is 61.7 Å². The van der Waals surface area contributed by atoms with Gasteiger partial charge in [0.05, 0.1) is 18.1 Å². The first-order valence-electron chi connectivity index (χ1n) is 13.9. The van der Waals surface area contributed by atoms with Crippen molar-refractivity contribution in [2.45, 2.75) is 25.6 Å². The highest BCUT2D eigenvalue weighted by Gasteiger charge is 2.66. The van der Waals surface area contributed by atoms with Crippen LogP contribution in [0.3, 0.4) is 0 Å². The van der Waals surface area contributed by atoms with Crippen LogP contribution < -0.4 is 15.1 Å².